The fourth-order valence-electron chi connectivity index (χ4n) is 2.97. The second-order valence-corrected chi connectivity index (χ2v) is 6.28. The Morgan fingerprint density at radius 1 is 1.30 bits per heavy atom. The highest BCUT2D eigenvalue weighted by Crippen LogP contribution is 2.19. The highest BCUT2D eigenvalue weighted by atomic mass is 16.2. The monoisotopic (exact) mass is 283 g/mol. The maximum Gasteiger partial charge on any atom is 0.239 e. The summed E-state index contributed by atoms with van der Waals surface area (Å²) < 4.78 is 0. The second-order valence-electron chi connectivity index (χ2n) is 6.28. The second kappa shape index (κ2) is 9.35. The van der Waals surface area contributed by atoms with Crippen molar-refractivity contribution in [2.75, 3.05) is 33.2 Å². The zero-order chi connectivity index (χ0) is 15.0. The summed E-state index contributed by atoms with van der Waals surface area (Å²) in [5, 5.41) is 0. The largest absolute Gasteiger partial charge is 0.341 e. The smallest absolute Gasteiger partial charge is 0.239 e. The van der Waals surface area contributed by atoms with Gasteiger partial charge in [0, 0.05) is 19.6 Å². The van der Waals surface area contributed by atoms with E-state index in [2.05, 4.69) is 25.8 Å². The Kier molecular flexibility index (Phi) is 8.15. The summed E-state index contributed by atoms with van der Waals surface area (Å²) in [6, 6.07) is -0.288. The SMILES string of the molecule is CCCCN(C)CC1CCN(C(=O)[C@H](N)CCC)CC1. The number of rotatable bonds is 8. The molecule has 1 saturated heterocycles. The number of piperidine rings is 1. The van der Waals surface area contributed by atoms with E-state index in [-0.39, 0.29) is 11.9 Å². The Balaban J connectivity index is 2.27. The lowest BCUT2D eigenvalue weighted by Crippen LogP contribution is -2.48. The molecule has 0 radical (unpaired) electrons. The van der Waals surface area contributed by atoms with Crippen molar-refractivity contribution in [2.45, 2.75) is 58.4 Å². The number of nitrogens with two attached hydrogens (primary N) is 1. The molecule has 0 aliphatic carbocycles. The van der Waals surface area contributed by atoms with E-state index in [9.17, 15) is 4.79 Å². The molecule has 1 amide bonds. The van der Waals surface area contributed by atoms with Gasteiger partial charge in [-0.1, -0.05) is 26.7 Å². The van der Waals surface area contributed by atoms with E-state index in [1.165, 1.54) is 25.9 Å². The van der Waals surface area contributed by atoms with Crippen molar-refractivity contribution in [1.29, 1.82) is 0 Å². The minimum atomic E-state index is -0.288. The lowest BCUT2D eigenvalue weighted by Gasteiger charge is -2.35. The quantitative estimate of drug-likeness (QED) is 0.742. The van der Waals surface area contributed by atoms with Gasteiger partial charge in [-0.2, -0.15) is 0 Å². The highest BCUT2D eigenvalue weighted by Gasteiger charge is 2.26. The van der Waals surface area contributed by atoms with Crippen LogP contribution in [0.25, 0.3) is 0 Å². The van der Waals surface area contributed by atoms with Crippen LogP contribution < -0.4 is 5.73 Å². The molecule has 0 aromatic carbocycles. The van der Waals surface area contributed by atoms with E-state index in [4.69, 9.17) is 5.73 Å². The number of likely N-dealkylation sites (tertiary alicyclic amines) is 1. The van der Waals surface area contributed by atoms with Crippen LogP contribution in [0.4, 0.5) is 0 Å². The van der Waals surface area contributed by atoms with Gasteiger partial charge in [-0.25, -0.2) is 0 Å². The molecule has 4 nitrogen and oxygen atoms in total. The molecule has 0 aromatic heterocycles. The molecule has 0 aromatic rings. The molecule has 0 spiro atoms. The average Bonchev–Trinajstić information content (AvgIpc) is 2.45. The first-order valence-corrected chi connectivity index (χ1v) is 8.31. The highest BCUT2D eigenvalue weighted by molar-refractivity contribution is 5.81. The third kappa shape index (κ3) is 5.80. The van der Waals surface area contributed by atoms with Crippen LogP contribution in [0.15, 0.2) is 0 Å². The van der Waals surface area contributed by atoms with Gasteiger partial charge in [0.2, 0.25) is 5.91 Å². The van der Waals surface area contributed by atoms with E-state index in [1.54, 1.807) is 0 Å². The third-order valence-electron chi connectivity index (χ3n) is 4.31. The number of amides is 1. The van der Waals surface area contributed by atoms with Crippen molar-refractivity contribution in [3.63, 3.8) is 0 Å². The van der Waals surface area contributed by atoms with Gasteiger partial charge in [0.15, 0.2) is 0 Å². The lowest BCUT2D eigenvalue weighted by atomic mass is 9.95. The predicted molar refractivity (Wildman–Crippen MR) is 84.6 cm³/mol. The maximum atomic E-state index is 12.1. The number of unbranched alkanes of at least 4 members (excludes halogenated alkanes) is 1. The van der Waals surface area contributed by atoms with Crippen LogP contribution in [0.1, 0.15) is 52.4 Å². The van der Waals surface area contributed by atoms with Gasteiger partial charge in [-0.3, -0.25) is 4.79 Å². The van der Waals surface area contributed by atoms with E-state index in [0.717, 1.165) is 44.7 Å². The van der Waals surface area contributed by atoms with Crippen molar-refractivity contribution < 1.29 is 4.79 Å². The van der Waals surface area contributed by atoms with Gasteiger partial charge >= 0.3 is 0 Å². The molecular formula is C16H33N3O. The number of carbonyl (C=O) groups excluding carboxylic acids is 1. The molecule has 1 aliphatic heterocycles. The molecular weight excluding hydrogens is 250 g/mol. The van der Waals surface area contributed by atoms with Gasteiger partial charge in [-0.05, 0) is 45.2 Å². The summed E-state index contributed by atoms with van der Waals surface area (Å²) in [5.74, 6) is 0.896. The minimum absolute atomic E-state index is 0.157. The first-order valence-electron chi connectivity index (χ1n) is 8.31. The Morgan fingerprint density at radius 2 is 1.95 bits per heavy atom. The molecule has 4 heteroatoms. The Hall–Kier alpha value is -0.610. The van der Waals surface area contributed by atoms with E-state index >= 15 is 0 Å². The Morgan fingerprint density at radius 3 is 2.50 bits per heavy atom. The summed E-state index contributed by atoms with van der Waals surface area (Å²) in [6.07, 6.45) is 6.57. The molecule has 1 atom stereocenters. The normalized spacial score (nSPS) is 18.6. The van der Waals surface area contributed by atoms with Gasteiger partial charge in [0.25, 0.3) is 0 Å². The molecule has 0 saturated carbocycles. The van der Waals surface area contributed by atoms with Crippen LogP contribution in [-0.4, -0.2) is 55.0 Å². The van der Waals surface area contributed by atoms with Crippen molar-refractivity contribution in [3.8, 4) is 0 Å². The van der Waals surface area contributed by atoms with Crippen LogP contribution in [0.3, 0.4) is 0 Å². The molecule has 118 valence electrons. The Labute approximate surface area is 124 Å². The maximum absolute atomic E-state index is 12.1. The van der Waals surface area contributed by atoms with Crippen molar-refractivity contribution >= 4 is 5.91 Å². The van der Waals surface area contributed by atoms with Gasteiger partial charge in [-0.15, -0.1) is 0 Å². The van der Waals surface area contributed by atoms with E-state index < -0.39 is 0 Å². The van der Waals surface area contributed by atoms with Gasteiger partial charge < -0.3 is 15.5 Å². The summed E-state index contributed by atoms with van der Waals surface area (Å²) in [4.78, 5) is 16.6. The Bertz CT molecular complexity index is 275. The van der Waals surface area contributed by atoms with Crippen LogP contribution in [-0.2, 0) is 4.79 Å². The average molecular weight is 283 g/mol. The van der Waals surface area contributed by atoms with E-state index in [0.29, 0.717) is 0 Å². The molecule has 1 fully saturated rings. The predicted octanol–water partition coefficient (Wildman–Crippen LogP) is 2.08. The van der Waals surface area contributed by atoms with Crippen molar-refractivity contribution in [3.05, 3.63) is 0 Å². The number of hydrogen-bond donors (Lipinski definition) is 1. The summed E-state index contributed by atoms with van der Waals surface area (Å²) in [7, 11) is 2.21. The van der Waals surface area contributed by atoms with Crippen molar-refractivity contribution in [1.82, 2.24) is 9.80 Å². The molecule has 1 aliphatic rings. The zero-order valence-corrected chi connectivity index (χ0v) is 13.6. The summed E-state index contributed by atoms with van der Waals surface area (Å²) in [6.45, 7) is 8.45. The van der Waals surface area contributed by atoms with Crippen molar-refractivity contribution in [2.24, 2.45) is 11.7 Å². The number of hydrogen-bond acceptors (Lipinski definition) is 3. The summed E-state index contributed by atoms with van der Waals surface area (Å²) >= 11 is 0. The standard InChI is InChI=1S/C16H33N3O/c1-4-6-10-18(3)13-14-8-11-19(12-9-14)16(20)15(17)7-5-2/h14-15H,4-13,17H2,1-3H3/t15-/m1/s1. The van der Waals surface area contributed by atoms with Crippen LogP contribution in [0.5, 0.6) is 0 Å². The molecule has 2 N–H and O–H groups in total. The molecule has 0 unspecified atom stereocenters. The van der Waals surface area contributed by atoms with E-state index in [1.807, 2.05) is 4.90 Å². The molecule has 0 bridgehead atoms. The van der Waals surface area contributed by atoms with Crippen LogP contribution in [0.2, 0.25) is 0 Å². The fourth-order valence-corrected chi connectivity index (χ4v) is 2.97. The van der Waals surface area contributed by atoms with Gasteiger partial charge in [0.05, 0.1) is 6.04 Å². The first-order chi connectivity index (χ1) is 9.58. The van der Waals surface area contributed by atoms with Crippen LogP contribution >= 0.6 is 0 Å². The topological polar surface area (TPSA) is 49.6 Å². The molecule has 1 rings (SSSR count). The first kappa shape index (κ1) is 17.4. The molecule has 20 heavy (non-hydrogen) atoms. The fraction of sp³-hybridized carbons (Fsp3) is 0.938. The number of carbonyl (C=O) groups is 1. The third-order valence-corrected chi connectivity index (χ3v) is 4.31. The molecule has 1 heterocycles. The zero-order valence-electron chi connectivity index (χ0n) is 13.6. The summed E-state index contributed by atoms with van der Waals surface area (Å²) in [5.41, 5.74) is 5.93. The number of nitrogens with zero attached hydrogens (tertiary/aromatic N) is 2. The van der Waals surface area contributed by atoms with Crippen LogP contribution in [0, 0.1) is 5.92 Å². The minimum Gasteiger partial charge on any atom is -0.341 e. The lowest BCUT2D eigenvalue weighted by molar-refractivity contribution is -0.134. The van der Waals surface area contributed by atoms with Gasteiger partial charge in [0.1, 0.15) is 0 Å².